The molecule has 0 saturated heterocycles. The van der Waals surface area contributed by atoms with Crippen molar-refractivity contribution in [3.63, 3.8) is 0 Å². The summed E-state index contributed by atoms with van der Waals surface area (Å²) in [6.07, 6.45) is 11.8. The van der Waals surface area contributed by atoms with E-state index in [1.54, 1.807) is 0 Å². The highest BCUT2D eigenvalue weighted by Crippen LogP contribution is 2.49. The van der Waals surface area contributed by atoms with Crippen LogP contribution < -0.4 is 0 Å². The first-order valence-electron chi connectivity index (χ1n) is 5.37. The Morgan fingerprint density at radius 1 is 1.27 bits per heavy atom. The van der Waals surface area contributed by atoms with Crippen LogP contribution in [0.25, 0.3) is 0 Å². The second kappa shape index (κ2) is 3.54. The van der Waals surface area contributed by atoms with Gasteiger partial charge in [0, 0.05) is 16.0 Å². The van der Waals surface area contributed by atoms with Gasteiger partial charge in [0.05, 0.1) is 0 Å². The fourth-order valence-corrected chi connectivity index (χ4v) is 3.49. The third-order valence-corrected chi connectivity index (χ3v) is 4.29. The number of fused-ring (bicyclic) bond motifs is 4. The van der Waals surface area contributed by atoms with E-state index < -0.39 is 0 Å². The minimum atomic E-state index is 0.372. The highest BCUT2D eigenvalue weighted by Gasteiger charge is 2.34. The van der Waals surface area contributed by atoms with E-state index in [9.17, 15) is 0 Å². The van der Waals surface area contributed by atoms with Gasteiger partial charge in [-0.15, -0.1) is 0 Å². The van der Waals surface area contributed by atoms with Gasteiger partial charge in [0.1, 0.15) is 0 Å². The minimum Gasteiger partial charge on any atom is -0.0895 e. The number of rotatable bonds is 0. The lowest BCUT2D eigenvalue weighted by molar-refractivity contribution is 0.466. The molecule has 3 rings (SSSR count). The molecule has 3 aliphatic rings. The van der Waals surface area contributed by atoms with Crippen molar-refractivity contribution in [1.29, 1.82) is 0 Å². The topological polar surface area (TPSA) is 0 Å². The van der Waals surface area contributed by atoms with Crippen molar-refractivity contribution in [2.45, 2.75) is 19.3 Å². The van der Waals surface area contributed by atoms with Crippen LogP contribution in [0.4, 0.5) is 0 Å². The van der Waals surface area contributed by atoms with E-state index in [0.29, 0.717) is 11.8 Å². The molecule has 3 aliphatic carbocycles. The Bertz CT molecular complexity index is 424. The molecule has 0 spiro atoms. The number of hydrogen-bond donors (Lipinski definition) is 0. The summed E-state index contributed by atoms with van der Waals surface area (Å²) in [5.74, 6) is 0.964. The molecule has 2 heteroatoms. The first kappa shape index (κ1) is 9.74. The van der Waals surface area contributed by atoms with Crippen molar-refractivity contribution in [1.82, 2.24) is 0 Å². The van der Waals surface area contributed by atoms with E-state index in [0.717, 1.165) is 29.3 Å². The Morgan fingerprint density at radius 2 is 2.13 bits per heavy atom. The summed E-state index contributed by atoms with van der Waals surface area (Å²) >= 11 is 12.6. The third-order valence-electron chi connectivity index (χ3n) is 3.50. The van der Waals surface area contributed by atoms with Crippen molar-refractivity contribution in [2.75, 3.05) is 0 Å². The maximum absolute atomic E-state index is 6.42. The molecule has 0 aromatic rings. The lowest BCUT2D eigenvalue weighted by Gasteiger charge is -2.36. The van der Waals surface area contributed by atoms with Crippen LogP contribution in [0.5, 0.6) is 0 Å². The van der Waals surface area contributed by atoms with Crippen LogP contribution in [0.3, 0.4) is 0 Å². The predicted molar refractivity (Wildman–Crippen MR) is 64.9 cm³/mol. The first-order chi connectivity index (χ1) is 7.25. The summed E-state index contributed by atoms with van der Waals surface area (Å²) in [6.45, 7) is 0. The molecule has 0 aromatic carbocycles. The molecule has 2 bridgehead atoms. The molecule has 0 saturated carbocycles. The van der Waals surface area contributed by atoms with E-state index in [2.05, 4.69) is 24.3 Å². The molecule has 0 nitrogen and oxygen atoms in total. The molecule has 0 aromatic heterocycles. The lowest BCUT2D eigenvalue weighted by Crippen LogP contribution is -2.23. The number of halogens is 2. The van der Waals surface area contributed by atoms with Gasteiger partial charge in [-0.05, 0) is 36.3 Å². The van der Waals surface area contributed by atoms with Crippen LogP contribution in [0.2, 0.25) is 0 Å². The van der Waals surface area contributed by atoms with Crippen LogP contribution >= 0.6 is 23.2 Å². The Kier molecular flexibility index (Phi) is 2.30. The summed E-state index contributed by atoms with van der Waals surface area (Å²) in [5.41, 5.74) is 2.77. The Hall–Kier alpha value is -0.460. The highest BCUT2D eigenvalue weighted by molar-refractivity contribution is 6.32. The molecule has 0 radical (unpaired) electrons. The minimum absolute atomic E-state index is 0.372. The van der Waals surface area contributed by atoms with Gasteiger partial charge in [-0.3, -0.25) is 0 Å². The highest BCUT2D eigenvalue weighted by atomic mass is 35.5. The summed E-state index contributed by atoms with van der Waals surface area (Å²) in [6, 6.07) is 0. The van der Waals surface area contributed by atoms with Crippen LogP contribution in [0, 0.1) is 11.8 Å². The van der Waals surface area contributed by atoms with E-state index in [1.807, 2.05) is 0 Å². The number of allylic oxidation sites excluding steroid dienone is 8. The zero-order chi connectivity index (χ0) is 10.4. The average molecular weight is 239 g/mol. The smallest absolute Gasteiger partial charge is 0.0288 e. The summed E-state index contributed by atoms with van der Waals surface area (Å²) < 4.78 is 0. The van der Waals surface area contributed by atoms with Crippen LogP contribution in [0.1, 0.15) is 19.3 Å². The molecule has 15 heavy (non-hydrogen) atoms. The van der Waals surface area contributed by atoms with Crippen LogP contribution in [0.15, 0.2) is 45.5 Å². The molecule has 0 amide bonds. The summed E-state index contributed by atoms with van der Waals surface area (Å²) in [4.78, 5) is 0. The lowest BCUT2D eigenvalue weighted by atomic mass is 9.71. The average Bonchev–Trinajstić information content (AvgIpc) is 2.26. The van der Waals surface area contributed by atoms with Crippen molar-refractivity contribution in [3.8, 4) is 0 Å². The Morgan fingerprint density at radius 3 is 3.00 bits per heavy atom. The van der Waals surface area contributed by atoms with Gasteiger partial charge in [-0.1, -0.05) is 47.5 Å². The van der Waals surface area contributed by atoms with Crippen molar-refractivity contribution in [2.24, 2.45) is 11.8 Å². The van der Waals surface area contributed by atoms with Crippen LogP contribution in [-0.2, 0) is 0 Å². The molecule has 0 N–H and O–H groups in total. The first-order valence-corrected chi connectivity index (χ1v) is 6.13. The molecule has 0 fully saturated rings. The van der Waals surface area contributed by atoms with Crippen molar-refractivity contribution in [3.05, 3.63) is 45.5 Å². The quantitative estimate of drug-likeness (QED) is 0.582. The van der Waals surface area contributed by atoms with Gasteiger partial charge in [0.2, 0.25) is 0 Å². The maximum Gasteiger partial charge on any atom is 0.0288 e. The summed E-state index contributed by atoms with van der Waals surface area (Å²) in [5, 5.41) is 1.99. The largest absolute Gasteiger partial charge is 0.0895 e. The maximum atomic E-state index is 6.42. The third kappa shape index (κ3) is 1.51. The van der Waals surface area contributed by atoms with Gasteiger partial charge in [0.15, 0.2) is 0 Å². The fraction of sp³-hybridized carbons (Fsp3) is 0.385. The van der Waals surface area contributed by atoms with Crippen molar-refractivity contribution < 1.29 is 0 Å². The van der Waals surface area contributed by atoms with E-state index in [4.69, 9.17) is 23.2 Å². The molecule has 2 unspecified atom stereocenters. The van der Waals surface area contributed by atoms with Crippen molar-refractivity contribution >= 4 is 23.2 Å². The fourth-order valence-electron chi connectivity index (χ4n) is 2.81. The van der Waals surface area contributed by atoms with Crippen LogP contribution in [-0.4, -0.2) is 0 Å². The van der Waals surface area contributed by atoms with E-state index in [-0.39, 0.29) is 0 Å². The normalized spacial score (nSPS) is 33.5. The van der Waals surface area contributed by atoms with Gasteiger partial charge in [0.25, 0.3) is 0 Å². The zero-order valence-electron chi connectivity index (χ0n) is 8.34. The molecular formula is C13H12Cl2. The van der Waals surface area contributed by atoms with Gasteiger partial charge >= 0.3 is 0 Å². The SMILES string of the molecule is ClC1=CC2CC(C1)C1=CC=CCC1=C2Cl. The van der Waals surface area contributed by atoms with E-state index >= 15 is 0 Å². The molecule has 0 heterocycles. The zero-order valence-corrected chi connectivity index (χ0v) is 9.85. The van der Waals surface area contributed by atoms with Gasteiger partial charge < -0.3 is 0 Å². The Labute approximate surface area is 99.9 Å². The predicted octanol–water partition coefficient (Wildman–Crippen LogP) is 4.53. The molecule has 78 valence electrons. The van der Waals surface area contributed by atoms with E-state index in [1.165, 1.54) is 11.1 Å². The Balaban J connectivity index is 2.13. The second-order valence-electron chi connectivity index (χ2n) is 4.44. The molecule has 0 aliphatic heterocycles. The van der Waals surface area contributed by atoms with Gasteiger partial charge in [-0.25, -0.2) is 0 Å². The monoisotopic (exact) mass is 238 g/mol. The molecule has 2 atom stereocenters. The standard InChI is InChI=1S/C13H12Cl2/c14-10-6-8-5-9(7-10)13(15)12-4-2-1-3-11(8)12/h1-3,7-9H,4-6H2. The van der Waals surface area contributed by atoms with Gasteiger partial charge in [-0.2, -0.15) is 0 Å². The molecular weight excluding hydrogens is 227 g/mol. The number of hydrogen-bond acceptors (Lipinski definition) is 0. The summed E-state index contributed by atoms with van der Waals surface area (Å²) in [7, 11) is 0. The second-order valence-corrected chi connectivity index (χ2v) is 5.33.